The zero-order valence-corrected chi connectivity index (χ0v) is 15.7. The molecule has 0 bridgehead atoms. The Kier molecular flexibility index (Phi) is 5.11. The van der Waals surface area contributed by atoms with Crippen LogP contribution in [-0.4, -0.2) is 39.5 Å². The fourth-order valence-electron chi connectivity index (χ4n) is 2.83. The van der Waals surface area contributed by atoms with Crippen molar-refractivity contribution >= 4 is 17.5 Å². The minimum atomic E-state index is 0.0181. The maximum atomic E-state index is 12.5. The van der Waals surface area contributed by atoms with Gasteiger partial charge in [0.25, 0.3) is 0 Å². The third-order valence-electron chi connectivity index (χ3n) is 4.33. The van der Waals surface area contributed by atoms with Crippen molar-refractivity contribution in [1.82, 2.24) is 14.8 Å². The lowest BCUT2D eigenvalue weighted by Gasteiger charge is -2.18. The third-order valence-corrected chi connectivity index (χ3v) is 5.35. The number of hydrogen-bond donors (Lipinski definition) is 0. The van der Waals surface area contributed by atoms with Gasteiger partial charge >= 0.3 is 0 Å². The second-order valence-electron chi connectivity index (χ2n) is 6.19. The lowest BCUT2D eigenvalue weighted by molar-refractivity contribution is 0.102. The fraction of sp³-hybridized carbons (Fsp3) is 0.250. The van der Waals surface area contributed by atoms with Crippen molar-refractivity contribution in [2.45, 2.75) is 11.6 Å². The first-order valence-corrected chi connectivity index (χ1v) is 9.67. The normalized spacial score (nSPS) is 12.8. The fourth-order valence-corrected chi connectivity index (χ4v) is 3.66. The highest BCUT2D eigenvalue weighted by Gasteiger charge is 2.17. The Hall–Kier alpha value is -2.80. The molecule has 0 N–H and O–H groups in total. The average Bonchev–Trinajstić information content (AvgIpc) is 3.06. The molecule has 1 aromatic heterocycles. The van der Waals surface area contributed by atoms with Gasteiger partial charge < -0.3 is 14.0 Å². The lowest BCUT2D eigenvalue weighted by atomic mass is 10.1. The maximum Gasteiger partial charge on any atom is 0.191 e. The standard InChI is InChI=1S/C20H19N3O3S/c1-23-19(11-14-5-3-2-4-6-14)21-22-20(23)27-13-16(24)15-7-8-17-18(12-15)26-10-9-25-17/h2-8,12H,9-11,13H2,1H3. The van der Waals surface area contributed by atoms with Gasteiger partial charge in [0, 0.05) is 19.0 Å². The number of ether oxygens (including phenoxy) is 2. The number of Topliss-reactive ketones (excluding diaryl/α,β-unsaturated/α-hetero) is 1. The summed E-state index contributed by atoms with van der Waals surface area (Å²) < 4.78 is 13.0. The highest BCUT2D eigenvalue weighted by atomic mass is 32.2. The molecule has 6 nitrogen and oxygen atoms in total. The van der Waals surface area contributed by atoms with Crippen molar-refractivity contribution in [3.05, 3.63) is 65.5 Å². The van der Waals surface area contributed by atoms with E-state index in [1.54, 1.807) is 18.2 Å². The molecule has 0 atom stereocenters. The molecule has 0 saturated carbocycles. The van der Waals surface area contributed by atoms with Crippen LogP contribution in [0.2, 0.25) is 0 Å². The smallest absolute Gasteiger partial charge is 0.191 e. The third kappa shape index (κ3) is 3.98. The molecule has 0 amide bonds. The van der Waals surface area contributed by atoms with E-state index in [9.17, 15) is 4.79 Å². The molecule has 0 spiro atoms. The summed E-state index contributed by atoms with van der Waals surface area (Å²) in [6.07, 6.45) is 0.709. The summed E-state index contributed by atoms with van der Waals surface area (Å²) in [4.78, 5) is 12.5. The number of carbonyl (C=O) groups is 1. The highest BCUT2D eigenvalue weighted by molar-refractivity contribution is 7.99. The Morgan fingerprint density at radius 1 is 1.07 bits per heavy atom. The van der Waals surface area contributed by atoms with Gasteiger partial charge in [0.05, 0.1) is 5.75 Å². The van der Waals surface area contributed by atoms with E-state index >= 15 is 0 Å². The number of aromatic nitrogens is 3. The van der Waals surface area contributed by atoms with Crippen LogP contribution in [0.25, 0.3) is 0 Å². The molecule has 138 valence electrons. The number of hydrogen-bond acceptors (Lipinski definition) is 6. The van der Waals surface area contributed by atoms with Crippen molar-refractivity contribution in [1.29, 1.82) is 0 Å². The van der Waals surface area contributed by atoms with Gasteiger partial charge in [0.2, 0.25) is 0 Å². The number of rotatable bonds is 6. The summed E-state index contributed by atoms with van der Waals surface area (Å²) in [7, 11) is 1.93. The molecular formula is C20H19N3O3S. The number of carbonyl (C=O) groups excluding carboxylic acids is 1. The molecule has 4 rings (SSSR count). The van der Waals surface area contributed by atoms with E-state index in [-0.39, 0.29) is 11.5 Å². The molecule has 2 heterocycles. The average molecular weight is 381 g/mol. The Morgan fingerprint density at radius 3 is 2.67 bits per heavy atom. The number of ketones is 1. The van der Waals surface area contributed by atoms with Gasteiger partial charge in [0.15, 0.2) is 22.4 Å². The van der Waals surface area contributed by atoms with Gasteiger partial charge in [-0.1, -0.05) is 42.1 Å². The van der Waals surface area contributed by atoms with Crippen LogP contribution in [0.3, 0.4) is 0 Å². The van der Waals surface area contributed by atoms with Crippen LogP contribution in [0.4, 0.5) is 0 Å². The minimum absolute atomic E-state index is 0.0181. The Labute approximate surface area is 161 Å². The van der Waals surface area contributed by atoms with Crippen LogP contribution in [-0.2, 0) is 13.5 Å². The van der Waals surface area contributed by atoms with E-state index in [2.05, 4.69) is 22.3 Å². The molecule has 0 saturated heterocycles. The van der Waals surface area contributed by atoms with Crippen molar-refractivity contribution in [2.75, 3.05) is 19.0 Å². The molecule has 0 aliphatic carbocycles. The first-order chi connectivity index (χ1) is 13.2. The number of fused-ring (bicyclic) bond motifs is 1. The number of thioether (sulfide) groups is 1. The SMILES string of the molecule is Cn1c(Cc2ccccc2)nnc1SCC(=O)c1ccc2c(c1)OCCO2. The van der Waals surface area contributed by atoms with Gasteiger partial charge in [0.1, 0.15) is 19.0 Å². The summed E-state index contributed by atoms with van der Waals surface area (Å²) in [5.74, 6) is 2.49. The predicted molar refractivity (Wildman–Crippen MR) is 103 cm³/mol. The number of nitrogens with zero attached hydrogens (tertiary/aromatic N) is 3. The van der Waals surface area contributed by atoms with Crippen LogP contribution < -0.4 is 9.47 Å². The first kappa shape index (κ1) is 17.6. The number of benzene rings is 2. The van der Waals surface area contributed by atoms with E-state index in [0.29, 0.717) is 36.7 Å². The molecule has 2 aromatic carbocycles. The summed E-state index contributed by atoms with van der Waals surface area (Å²) in [5, 5.41) is 9.22. The topological polar surface area (TPSA) is 66.2 Å². The zero-order chi connectivity index (χ0) is 18.6. The second-order valence-corrected chi connectivity index (χ2v) is 7.13. The van der Waals surface area contributed by atoms with Gasteiger partial charge in [-0.25, -0.2) is 0 Å². The second kappa shape index (κ2) is 7.84. The van der Waals surface area contributed by atoms with Crippen LogP contribution in [0.5, 0.6) is 11.5 Å². The van der Waals surface area contributed by atoms with E-state index in [1.165, 1.54) is 17.3 Å². The minimum Gasteiger partial charge on any atom is -0.486 e. The van der Waals surface area contributed by atoms with E-state index in [1.807, 2.05) is 29.8 Å². The Morgan fingerprint density at radius 2 is 1.85 bits per heavy atom. The Bertz CT molecular complexity index is 956. The zero-order valence-electron chi connectivity index (χ0n) is 14.9. The van der Waals surface area contributed by atoms with Crippen LogP contribution in [0.1, 0.15) is 21.7 Å². The maximum absolute atomic E-state index is 12.5. The highest BCUT2D eigenvalue weighted by Crippen LogP contribution is 2.31. The largest absolute Gasteiger partial charge is 0.486 e. The summed E-state index contributed by atoms with van der Waals surface area (Å²) in [6.45, 7) is 1.04. The van der Waals surface area contributed by atoms with Crippen molar-refractivity contribution < 1.29 is 14.3 Å². The van der Waals surface area contributed by atoms with Gasteiger partial charge in [-0.3, -0.25) is 4.79 Å². The molecular weight excluding hydrogens is 362 g/mol. The van der Waals surface area contributed by atoms with Crippen molar-refractivity contribution in [2.24, 2.45) is 7.05 Å². The molecule has 27 heavy (non-hydrogen) atoms. The van der Waals surface area contributed by atoms with Gasteiger partial charge in [-0.2, -0.15) is 0 Å². The van der Waals surface area contributed by atoms with Gasteiger partial charge in [-0.15, -0.1) is 10.2 Å². The molecule has 0 fully saturated rings. The summed E-state index contributed by atoms with van der Waals surface area (Å²) in [6, 6.07) is 15.4. The van der Waals surface area contributed by atoms with Crippen LogP contribution in [0, 0.1) is 0 Å². The molecule has 1 aliphatic rings. The van der Waals surface area contributed by atoms with Crippen LogP contribution in [0.15, 0.2) is 53.7 Å². The monoisotopic (exact) mass is 381 g/mol. The molecule has 7 heteroatoms. The van der Waals surface area contributed by atoms with E-state index < -0.39 is 0 Å². The van der Waals surface area contributed by atoms with Crippen molar-refractivity contribution in [3.8, 4) is 11.5 Å². The van der Waals surface area contributed by atoms with Crippen LogP contribution >= 0.6 is 11.8 Å². The molecule has 3 aromatic rings. The molecule has 1 aliphatic heterocycles. The van der Waals surface area contributed by atoms with E-state index in [0.717, 1.165) is 11.0 Å². The lowest BCUT2D eigenvalue weighted by Crippen LogP contribution is -2.16. The molecule has 0 radical (unpaired) electrons. The summed E-state index contributed by atoms with van der Waals surface area (Å²) >= 11 is 1.39. The summed E-state index contributed by atoms with van der Waals surface area (Å²) in [5.41, 5.74) is 1.79. The van der Waals surface area contributed by atoms with Crippen molar-refractivity contribution in [3.63, 3.8) is 0 Å². The molecule has 0 unspecified atom stereocenters. The first-order valence-electron chi connectivity index (χ1n) is 8.68. The van der Waals surface area contributed by atoms with E-state index in [4.69, 9.17) is 9.47 Å². The Balaban J connectivity index is 1.41. The van der Waals surface area contributed by atoms with Gasteiger partial charge in [-0.05, 0) is 23.8 Å². The quantitative estimate of drug-likeness (QED) is 0.483. The predicted octanol–water partition coefficient (Wildman–Crippen LogP) is 3.15.